The fourth-order valence-corrected chi connectivity index (χ4v) is 4.19. The number of hydrogen-bond donors (Lipinski definition) is 1. The summed E-state index contributed by atoms with van der Waals surface area (Å²) in [5.74, 6) is 0.367. The number of benzene rings is 2. The molecule has 0 radical (unpaired) electrons. The summed E-state index contributed by atoms with van der Waals surface area (Å²) in [7, 11) is -3.66. The Hall–Kier alpha value is -3.37. The van der Waals surface area contributed by atoms with E-state index < -0.39 is 10.0 Å². The second-order valence-electron chi connectivity index (χ2n) is 8.49. The first kappa shape index (κ1) is 22.8. The van der Waals surface area contributed by atoms with Gasteiger partial charge in [-0.15, -0.1) is 15.3 Å². The Labute approximate surface area is 191 Å². The topological polar surface area (TPSA) is 98.5 Å². The van der Waals surface area contributed by atoms with Crippen molar-refractivity contribution < 1.29 is 17.5 Å². The largest absolute Gasteiger partial charge is 0.475 e. The lowest BCUT2D eigenvalue weighted by Crippen LogP contribution is -2.28. The molecule has 4 rings (SSSR count). The van der Waals surface area contributed by atoms with Crippen LogP contribution >= 0.6 is 0 Å². The molecular weight excluding hydrogens is 445 g/mol. The molecule has 10 heteroatoms. The quantitative estimate of drug-likeness (QED) is 0.416. The zero-order valence-electron chi connectivity index (χ0n) is 18.5. The van der Waals surface area contributed by atoms with Crippen LogP contribution in [0.15, 0.2) is 65.6 Å². The van der Waals surface area contributed by atoms with Crippen molar-refractivity contribution in [1.29, 1.82) is 0 Å². The van der Waals surface area contributed by atoms with Gasteiger partial charge in [-0.2, -0.15) is 4.52 Å². The van der Waals surface area contributed by atoms with E-state index in [0.717, 1.165) is 5.56 Å². The van der Waals surface area contributed by atoms with Crippen molar-refractivity contribution in [3.8, 4) is 17.3 Å². The van der Waals surface area contributed by atoms with Gasteiger partial charge < -0.3 is 4.74 Å². The molecule has 0 spiro atoms. The molecule has 2 aromatic heterocycles. The Morgan fingerprint density at radius 2 is 1.67 bits per heavy atom. The van der Waals surface area contributed by atoms with Crippen LogP contribution in [0.3, 0.4) is 0 Å². The lowest BCUT2D eigenvalue weighted by molar-refractivity contribution is 0.306. The molecule has 0 bridgehead atoms. The van der Waals surface area contributed by atoms with Gasteiger partial charge in [-0.05, 0) is 53.4 Å². The summed E-state index contributed by atoms with van der Waals surface area (Å²) >= 11 is 0. The second kappa shape index (κ2) is 8.87. The summed E-state index contributed by atoms with van der Waals surface area (Å²) < 4.78 is 47.9. The van der Waals surface area contributed by atoms with Crippen molar-refractivity contribution in [2.24, 2.45) is 0 Å². The predicted molar refractivity (Wildman–Crippen MR) is 122 cm³/mol. The molecule has 0 aliphatic carbocycles. The smallest absolute Gasteiger partial charge is 0.240 e. The SMILES string of the molecule is CC(C)(C)c1ccc(S(=O)(=O)NCCOc2ccc3nnc(-c4ccc(F)cc4)n3n2)cc1. The zero-order valence-corrected chi connectivity index (χ0v) is 19.3. The third-order valence-corrected chi connectivity index (χ3v) is 6.49. The molecule has 1 N–H and O–H groups in total. The minimum absolute atomic E-state index is 0.0566. The van der Waals surface area contributed by atoms with Gasteiger partial charge in [0.2, 0.25) is 15.9 Å². The molecule has 4 aromatic rings. The Morgan fingerprint density at radius 3 is 2.33 bits per heavy atom. The lowest BCUT2D eigenvalue weighted by atomic mass is 9.87. The number of rotatable bonds is 7. The highest BCUT2D eigenvalue weighted by atomic mass is 32.2. The first-order valence-electron chi connectivity index (χ1n) is 10.3. The molecular formula is C23H24FN5O3S. The van der Waals surface area contributed by atoms with E-state index in [1.807, 2.05) is 12.1 Å². The predicted octanol–water partition coefficient (Wildman–Crippen LogP) is 3.59. The van der Waals surface area contributed by atoms with Crippen molar-refractivity contribution >= 4 is 15.7 Å². The summed E-state index contributed by atoms with van der Waals surface area (Å²) in [6.45, 7) is 6.35. The van der Waals surface area contributed by atoms with E-state index in [2.05, 4.69) is 40.8 Å². The molecule has 0 fully saturated rings. The number of halogens is 1. The van der Waals surface area contributed by atoms with E-state index in [0.29, 0.717) is 17.0 Å². The van der Waals surface area contributed by atoms with E-state index >= 15 is 0 Å². The minimum Gasteiger partial charge on any atom is -0.475 e. The number of aromatic nitrogens is 4. The van der Waals surface area contributed by atoms with Crippen LogP contribution in [0, 0.1) is 5.82 Å². The molecule has 0 saturated carbocycles. The van der Waals surface area contributed by atoms with E-state index in [1.165, 1.54) is 16.6 Å². The maximum absolute atomic E-state index is 13.2. The van der Waals surface area contributed by atoms with Crippen LogP contribution in [-0.4, -0.2) is 41.4 Å². The molecule has 33 heavy (non-hydrogen) atoms. The minimum atomic E-state index is -3.66. The van der Waals surface area contributed by atoms with Gasteiger partial charge in [-0.25, -0.2) is 17.5 Å². The number of nitrogens with zero attached hydrogens (tertiary/aromatic N) is 4. The highest BCUT2D eigenvalue weighted by Gasteiger charge is 2.17. The third-order valence-electron chi connectivity index (χ3n) is 5.02. The molecule has 172 valence electrons. The lowest BCUT2D eigenvalue weighted by Gasteiger charge is -2.19. The van der Waals surface area contributed by atoms with Gasteiger partial charge in [0, 0.05) is 18.2 Å². The van der Waals surface area contributed by atoms with E-state index in [9.17, 15) is 12.8 Å². The Balaban J connectivity index is 1.40. The average Bonchev–Trinajstić information content (AvgIpc) is 3.20. The van der Waals surface area contributed by atoms with Crippen LogP contribution in [0.5, 0.6) is 5.88 Å². The number of nitrogens with one attached hydrogen (secondary N) is 1. The number of hydrogen-bond acceptors (Lipinski definition) is 6. The van der Waals surface area contributed by atoms with Gasteiger partial charge in [0.1, 0.15) is 12.4 Å². The van der Waals surface area contributed by atoms with Gasteiger partial charge in [0.25, 0.3) is 0 Å². The summed E-state index contributed by atoms with van der Waals surface area (Å²) in [6.07, 6.45) is 0. The van der Waals surface area contributed by atoms with Gasteiger partial charge in [0.05, 0.1) is 4.90 Å². The van der Waals surface area contributed by atoms with Crippen molar-refractivity contribution in [3.05, 3.63) is 72.0 Å². The highest BCUT2D eigenvalue weighted by molar-refractivity contribution is 7.89. The Kier molecular flexibility index (Phi) is 6.13. The molecule has 0 aliphatic heterocycles. The Bertz CT molecular complexity index is 1360. The van der Waals surface area contributed by atoms with Crippen molar-refractivity contribution in [2.75, 3.05) is 13.2 Å². The highest BCUT2D eigenvalue weighted by Crippen LogP contribution is 2.23. The van der Waals surface area contributed by atoms with Crippen LogP contribution in [0.1, 0.15) is 26.3 Å². The molecule has 0 aliphatic rings. The van der Waals surface area contributed by atoms with E-state index in [-0.39, 0.29) is 35.2 Å². The summed E-state index contributed by atoms with van der Waals surface area (Å²) in [5.41, 5.74) is 2.15. The van der Waals surface area contributed by atoms with Crippen LogP contribution in [0.2, 0.25) is 0 Å². The number of fused-ring (bicyclic) bond motifs is 1. The maximum atomic E-state index is 13.2. The maximum Gasteiger partial charge on any atom is 0.240 e. The van der Waals surface area contributed by atoms with E-state index in [4.69, 9.17) is 4.74 Å². The molecule has 0 saturated heterocycles. The number of ether oxygens (including phenoxy) is 1. The van der Waals surface area contributed by atoms with Crippen molar-refractivity contribution in [3.63, 3.8) is 0 Å². The summed E-state index contributed by atoms with van der Waals surface area (Å²) in [5, 5.41) is 12.5. The van der Waals surface area contributed by atoms with Crippen LogP contribution < -0.4 is 9.46 Å². The van der Waals surface area contributed by atoms with Gasteiger partial charge in [0.15, 0.2) is 11.5 Å². The standard InChI is InChI=1S/C23H24FN5O3S/c1-23(2,3)17-6-10-19(11-7-17)33(30,31)25-14-15-32-21-13-12-20-26-27-22(29(20)28-21)16-4-8-18(24)9-5-16/h4-13,25H,14-15H2,1-3H3. The molecule has 2 aromatic carbocycles. The third kappa shape index (κ3) is 5.18. The summed E-state index contributed by atoms with van der Waals surface area (Å²) in [6, 6.07) is 16.0. The van der Waals surface area contributed by atoms with Gasteiger partial charge in [-0.1, -0.05) is 32.9 Å². The van der Waals surface area contributed by atoms with Crippen molar-refractivity contribution in [1.82, 2.24) is 24.5 Å². The van der Waals surface area contributed by atoms with Crippen LogP contribution in [-0.2, 0) is 15.4 Å². The molecule has 0 amide bonds. The summed E-state index contributed by atoms with van der Waals surface area (Å²) in [4.78, 5) is 0.198. The van der Waals surface area contributed by atoms with Gasteiger partial charge in [-0.3, -0.25) is 0 Å². The fraction of sp³-hybridized carbons (Fsp3) is 0.261. The average molecular weight is 470 g/mol. The normalized spacial score (nSPS) is 12.2. The Morgan fingerprint density at radius 1 is 0.970 bits per heavy atom. The first-order valence-corrected chi connectivity index (χ1v) is 11.8. The molecule has 0 atom stereocenters. The first-order chi connectivity index (χ1) is 15.6. The van der Waals surface area contributed by atoms with E-state index in [1.54, 1.807) is 36.4 Å². The monoisotopic (exact) mass is 469 g/mol. The van der Waals surface area contributed by atoms with Gasteiger partial charge >= 0.3 is 0 Å². The molecule has 0 unspecified atom stereocenters. The van der Waals surface area contributed by atoms with Crippen LogP contribution in [0.4, 0.5) is 4.39 Å². The second-order valence-corrected chi connectivity index (χ2v) is 10.3. The molecule has 2 heterocycles. The number of sulfonamides is 1. The molecule has 8 nitrogen and oxygen atoms in total. The van der Waals surface area contributed by atoms with Crippen molar-refractivity contribution in [2.45, 2.75) is 31.1 Å². The fourth-order valence-electron chi connectivity index (χ4n) is 3.18. The zero-order chi connectivity index (χ0) is 23.6. The van der Waals surface area contributed by atoms with Crippen LogP contribution in [0.25, 0.3) is 17.0 Å².